The third-order valence-electron chi connectivity index (χ3n) is 3.06. The molecule has 1 amide bonds. The van der Waals surface area contributed by atoms with Crippen LogP contribution in [0.1, 0.15) is 29.4 Å². The summed E-state index contributed by atoms with van der Waals surface area (Å²) in [6, 6.07) is 1.82. The molecular weight excluding hydrogens is 286 g/mol. The Labute approximate surface area is 127 Å². The number of aliphatic carboxylic acids is 1. The molecule has 0 aromatic carbocycles. The Morgan fingerprint density at radius 1 is 1.41 bits per heavy atom. The van der Waals surface area contributed by atoms with Crippen molar-refractivity contribution in [1.82, 2.24) is 24.9 Å². The quantitative estimate of drug-likeness (QED) is 0.783. The minimum atomic E-state index is -0.898. The highest BCUT2D eigenvalue weighted by Crippen LogP contribution is 2.01. The van der Waals surface area contributed by atoms with E-state index in [0.717, 1.165) is 5.69 Å². The number of hydrogen-bond acceptors (Lipinski definition) is 4. The van der Waals surface area contributed by atoms with Crippen molar-refractivity contribution in [3.63, 3.8) is 0 Å². The molecule has 0 fully saturated rings. The summed E-state index contributed by atoms with van der Waals surface area (Å²) in [5.41, 5.74) is 1.34. The minimum Gasteiger partial charge on any atom is -0.481 e. The molecule has 118 valence electrons. The first-order valence-corrected chi connectivity index (χ1v) is 6.99. The molecule has 1 atom stereocenters. The molecule has 22 heavy (non-hydrogen) atoms. The summed E-state index contributed by atoms with van der Waals surface area (Å²) in [6.45, 7) is 4.62. The second kappa shape index (κ2) is 6.88. The maximum Gasteiger partial charge on any atom is 0.305 e. The fourth-order valence-electron chi connectivity index (χ4n) is 2.01. The molecule has 2 aromatic rings. The minimum absolute atomic E-state index is 0.0300. The third-order valence-corrected chi connectivity index (χ3v) is 3.06. The molecule has 2 aromatic heterocycles. The second-order valence-corrected chi connectivity index (χ2v) is 5.19. The summed E-state index contributed by atoms with van der Waals surface area (Å²) >= 11 is 0. The van der Waals surface area contributed by atoms with Gasteiger partial charge >= 0.3 is 5.97 Å². The highest BCUT2D eigenvalue weighted by molar-refractivity contribution is 5.93. The maximum absolute atomic E-state index is 12.1. The Morgan fingerprint density at radius 2 is 2.18 bits per heavy atom. The molecule has 8 heteroatoms. The van der Waals surface area contributed by atoms with Crippen LogP contribution in [0.25, 0.3) is 0 Å². The number of nitrogens with one attached hydrogen (secondary N) is 1. The predicted molar refractivity (Wildman–Crippen MR) is 78.4 cm³/mol. The van der Waals surface area contributed by atoms with E-state index in [9.17, 15) is 9.59 Å². The molecule has 2 N–H and O–H groups in total. The van der Waals surface area contributed by atoms with Gasteiger partial charge in [-0.25, -0.2) is 0 Å². The summed E-state index contributed by atoms with van der Waals surface area (Å²) in [7, 11) is 0. The van der Waals surface area contributed by atoms with Crippen molar-refractivity contribution >= 4 is 11.9 Å². The largest absolute Gasteiger partial charge is 0.481 e. The normalized spacial score (nSPS) is 12.1. The molecular formula is C14H19N5O3. The van der Waals surface area contributed by atoms with Crippen molar-refractivity contribution < 1.29 is 14.7 Å². The number of aromatic nitrogens is 4. The zero-order valence-corrected chi connectivity index (χ0v) is 12.6. The van der Waals surface area contributed by atoms with Crippen LogP contribution in [-0.4, -0.2) is 42.6 Å². The number of rotatable bonds is 7. The first-order valence-electron chi connectivity index (χ1n) is 6.99. The van der Waals surface area contributed by atoms with Crippen molar-refractivity contribution in [1.29, 1.82) is 0 Å². The molecule has 0 saturated carbocycles. The smallest absolute Gasteiger partial charge is 0.305 e. The maximum atomic E-state index is 12.1. The lowest BCUT2D eigenvalue weighted by Gasteiger charge is -2.13. The summed E-state index contributed by atoms with van der Waals surface area (Å²) < 4.78 is 3.22. The number of amides is 1. The lowest BCUT2D eigenvalue weighted by Crippen LogP contribution is -2.35. The highest BCUT2D eigenvalue weighted by atomic mass is 16.4. The Balaban J connectivity index is 1.87. The first-order chi connectivity index (χ1) is 10.4. The Hall–Kier alpha value is -2.64. The van der Waals surface area contributed by atoms with Gasteiger partial charge in [-0.3, -0.25) is 19.0 Å². The van der Waals surface area contributed by atoms with Gasteiger partial charge in [-0.05, 0) is 19.9 Å². The van der Waals surface area contributed by atoms with Gasteiger partial charge in [0.1, 0.15) is 0 Å². The fourth-order valence-corrected chi connectivity index (χ4v) is 2.01. The summed E-state index contributed by atoms with van der Waals surface area (Å²) in [5.74, 6) is -1.14. The van der Waals surface area contributed by atoms with Crippen molar-refractivity contribution in [2.75, 3.05) is 0 Å². The van der Waals surface area contributed by atoms with Gasteiger partial charge < -0.3 is 10.4 Å². The van der Waals surface area contributed by atoms with E-state index in [2.05, 4.69) is 15.5 Å². The number of carboxylic acid groups (broad SMARTS) is 1. The molecule has 0 spiro atoms. The lowest BCUT2D eigenvalue weighted by atomic mass is 10.3. The zero-order chi connectivity index (χ0) is 16.1. The SMILES string of the molecule is Cc1ccn(CC(C)NC(=O)c2cnn(CCC(=O)O)c2)n1. The predicted octanol–water partition coefficient (Wildman–Crippen LogP) is 0.681. The van der Waals surface area contributed by atoms with Crippen LogP contribution in [0.4, 0.5) is 0 Å². The third kappa shape index (κ3) is 4.44. The molecule has 1 unspecified atom stereocenters. The van der Waals surface area contributed by atoms with Crippen LogP contribution >= 0.6 is 0 Å². The van der Waals surface area contributed by atoms with E-state index in [4.69, 9.17) is 5.11 Å². The first kappa shape index (κ1) is 15.7. The van der Waals surface area contributed by atoms with Crippen LogP contribution in [-0.2, 0) is 17.9 Å². The Bertz CT molecular complexity index is 661. The van der Waals surface area contributed by atoms with Crippen molar-refractivity contribution in [3.05, 3.63) is 35.9 Å². The van der Waals surface area contributed by atoms with Gasteiger partial charge in [-0.2, -0.15) is 10.2 Å². The van der Waals surface area contributed by atoms with Crippen LogP contribution < -0.4 is 5.32 Å². The zero-order valence-electron chi connectivity index (χ0n) is 12.6. The van der Waals surface area contributed by atoms with Crippen LogP contribution in [0.3, 0.4) is 0 Å². The number of carboxylic acids is 1. The summed E-state index contributed by atoms with van der Waals surface area (Å²) in [6.07, 6.45) is 4.81. The molecule has 8 nitrogen and oxygen atoms in total. The highest BCUT2D eigenvalue weighted by Gasteiger charge is 2.13. The molecule has 0 saturated heterocycles. The van der Waals surface area contributed by atoms with Gasteiger partial charge in [0.25, 0.3) is 5.91 Å². The number of carbonyl (C=O) groups is 2. The fraction of sp³-hybridized carbons (Fsp3) is 0.429. The van der Waals surface area contributed by atoms with Crippen molar-refractivity contribution in [2.24, 2.45) is 0 Å². The van der Waals surface area contributed by atoms with Gasteiger partial charge in [0.2, 0.25) is 0 Å². The van der Waals surface area contributed by atoms with E-state index in [1.807, 2.05) is 26.1 Å². The van der Waals surface area contributed by atoms with E-state index in [0.29, 0.717) is 12.1 Å². The molecule has 2 heterocycles. The van der Waals surface area contributed by atoms with Crippen LogP contribution in [0.15, 0.2) is 24.7 Å². The topological polar surface area (TPSA) is 102 Å². The lowest BCUT2D eigenvalue weighted by molar-refractivity contribution is -0.137. The molecule has 0 bridgehead atoms. The van der Waals surface area contributed by atoms with Crippen molar-refractivity contribution in [3.8, 4) is 0 Å². The van der Waals surface area contributed by atoms with Crippen molar-refractivity contribution in [2.45, 2.75) is 39.4 Å². The molecule has 0 radical (unpaired) electrons. The second-order valence-electron chi connectivity index (χ2n) is 5.19. The van der Waals surface area contributed by atoms with Crippen LogP contribution in [0.2, 0.25) is 0 Å². The van der Waals surface area contributed by atoms with E-state index in [1.165, 1.54) is 10.9 Å². The summed E-state index contributed by atoms with van der Waals surface area (Å²) in [4.78, 5) is 22.6. The average Bonchev–Trinajstić information content (AvgIpc) is 3.05. The molecule has 0 aliphatic carbocycles. The average molecular weight is 305 g/mol. The van der Waals surface area contributed by atoms with E-state index in [1.54, 1.807) is 10.9 Å². The number of hydrogen-bond donors (Lipinski definition) is 2. The van der Waals surface area contributed by atoms with Crippen LogP contribution in [0.5, 0.6) is 0 Å². The van der Waals surface area contributed by atoms with E-state index in [-0.39, 0.29) is 24.9 Å². The van der Waals surface area contributed by atoms with Gasteiger partial charge in [0.05, 0.1) is 37.0 Å². The molecule has 0 aliphatic rings. The van der Waals surface area contributed by atoms with E-state index >= 15 is 0 Å². The van der Waals surface area contributed by atoms with Gasteiger partial charge in [-0.15, -0.1) is 0 Å². The standard InChI is InChI=1S/C14H19N5O3/c1-10-3-5-19(17-10)8-11(2)16-14(22)12-7-15-18(9-12)6-4-13(20)21/h3,5,7,9,11H,4,6,8H2,1-2H3,(H,16,22)(H,20,21). The number of aryl methyl sites for hydroxylation is 2. The van der Waals surface area contributed by atoms with Crippen LogP contribution in [0, 0.1) is 6.92 Å². The number of nitrogens with zero attached hydrogens (tertiary/aromatic N) is 4. The van der Waals surface area contributed by atoms with E-state index < -0.39 is 5.97 Å². The molecule has 0 aliphatic heterocycles. The molecule has 2 rings (SSSR count). The Morgan fingerprint density at radius 3 is 2.82 bits per heavy atom. The monoisotopic (exact) mass is 305 g/mol. The van der Waals surface area contributed by atoms with Gasteiger partial charge in [-0.1, -0.05) is 0 Å². The van der Waals surface area contributed by atoms with Gasteiger partial charge in [0, 0.05) is 18.4 Å². The van der Waals surface area contributed by atoms with Gasteiger partial charge in [0.15, 0.2) is 0 Å². The Kier molecular flexibility index (Phi) is 4.92. The number of carbonyl (C=O) groups excluding carboxylic acids is 1. The summed E-state index contributed by atoms with van der Waals surface area (Å²) in [5, 5.41) is 19.7.